The second-order valence-electron chi connectivity index (χ2n) is 12.4. The second-order valence-corrected chi connectivity index (χ2v) is 12.4. The third kappa shape index (κ3) is 7.58. The van der Waals surface area contributed by atoms with Gasteiger partial charge in [-0.15, -0.1) is 0 Å². The Balaban J connectivity index is 1.24. The van der Waals surface area contributed by atoms with Crippen molar-refractivity contribution in [2.24, 2.45) is 0 Å². The van der Waals surface area contributed by atoms with Gasteiger partial charge in [-0.2, -0.15) is 13.2 Å². The number of methoxy groups -OCH3 is 1. The summed E-state index contributed by atoms with van der Waals surface area (Å²) in [5.74, 6) is -0.688. The highest BCUT2D eigenvalue weighted by Crippen LogP contribution is 2.42. The van der Waals surface area contributed by atoms with Crippen LogP contribution in [0.3, 0.4) is 0 Å². The van der Waals surface area contributed by atoms with Crippen LogP contribution in [0.25, 0.3) is 0 Å². The summed E-state index contributed by atoms with van der Waals surface area (Å²) < 4.78 is 61.2. The van der Waals surface area contributed by atoms with Gasteiger partial charge in [0.25, 0.3) is 0 Å². The number of alkyl halides is 3. The summed E-state index contributed by atoms with van der Waals surface area (Å²) in [4.78, 5) is 34.0. The van der Waals surface area contributed by atoms with E-state index in [4.69, 9.17) is 9.57 Å². The molecule has 6 rings (SSSR count). The van der Waals surface area contributed by atoms with Crippen molar-refractivity contribution in [2.75, 3.05) is 80.6 Å². The lowest BCUT2D eigenvalue weighted by atomic mass is 10.0. The first kappa shape index (κ1) is 34.4. The second kappa shape index (κ2) is 14.6. The molecule has 1 atom stereocenters. The van der Waals surface area contributed by atoms with Crippen molar-refractivity contribution in [3.05, 3.63) is 72.3 Å². The van der Waals surface area contributed by atoms with Crippen molar-refractivity contribution in [1.29, 1.82) is 0 Å². The first-order valence-corrected chi connectivity index (χ1v) is 16.3. The number of anilines is 5. The van der Waals surface area contributed by atoms with Crippen LogP contribution < -0.4 is 25.3 Å². The van der Waals surface area contributed by atoms with E-state index < -0.39 is 23.6 Å². The number of hydroxylamine groups is 1. The Bertz CT molecular complexity index is 1660. The number of amides is 1. The van der Waals surface area contributed by atoms with Crippen LogP contribution in [0.15, 0.2) is 55.4 Å². The SMILES string of the molecule is C=CC(=O)Nc1cc(Nc2cc(N3OCCC3c3cccc(C(F)(F)F)c3F)ncn2)c(OC)cc1N1CCC(N2CCN(C)CC2)CC1. The summed E-state index contributed by atoms with van der Waals surface area (Å²) in [7, 11) is 3.70. The smallest absolute Gasteiger partial charge is 0.419 e. The number of nitrogens with one attached hydrogen (secondary N) is 2. The molecule has 0 saturated carbocycles. The first-order valence-electron chi connectivity index (χ1n) is 16.3. The number of benzene rings is 2. The summed E-state index contributed by atoms with van der Waals surface area (Å²) in [6.45, 7) is 9.63. The largest absolute Gasteiger partial charge is 0.494 e. The van der Waals surface area contributed by atoms with Crippen molar-refractivity contribution in [1.82, 2.24) is 19.8 Å². The molecule has 1 amide bonds. The van der Waals surface area contributed by atoms with Gasteiger partial charge < -0.3 is 25.2 Å². The average Bonchev–Trinajstić information content (AvgIpc) is 3.58. The summed E-state index contributed by atoms with van der Waals surface area (Å²) in [6, 6.07) is 8.05. The van der Waals surface area contributed by atoms with E-state index in [1.165, 1.54) is 29.6 Å². The van der Waals surface area contributed by atoms with Crippen LogP contribution in [0.1, 0.15) is 36.4 Å². The van der Waals surface area contributed by atoms with Crippen molar-refractivity contribution in [3.63, 3.8) is 0 Å². The summed E-state index contributed by atoms with van der Waals surface area (Å²) in [6.07, 6.45) is -0.125. The molecule has 2 aromatic carbocycles. The lowest BCUT2D eigenvalue weighted by molar-refractivity contribution is -0.140. The Morgan fingerprint density at radius 2 is 1.80 bits per heavy atom. The van der Waals surface area contributed by atoms with Gasteiger partial charge >= 0.3 is 6.18 Å². The highest BCUT2D eigenvalue weighted by molar-refractivity contribution is 6.02. The average molecular weight is 685 g/mol. The number of rotatable bonds is 9. The summed E-state index contributed by atoms with van der Waals surface area (Å²) in [5, 5.41) is 7.44. The maximum Gasteiger partial charge on any atom is 0.419 e. The molecule has 1 unspecified atom stereocenters. The van der Waals surface area contributed by atoms with E-state index >= 15 is 4.39 Å². The third-order valence-electron chi connectivity index (χ3n) is 9.36. The molecule has 0 radical (unpaired) electrons. The fourth-order valence-electron chi connectivity index (χ4n) is 6.72. The molecule has 11 nitrogen and oxygen atoms in total. The standard InChI is InChI=1S/C34H40F4N8O3/c1-4-32(47)42-25-18-26(29(48-3)19-28(25)45-11-8-22(9-12-45)44-15-13-43(2)14-16-44)41-30-20-31(40-21-39-30)46-27(10-17-49-46)23-6-5-7-24(33(23)35)34(36,37)38/h4-7,18-22,27H,1,8-17H2,2-3H3,(H,42,47)(H,39,40,41). The maximum atomic E-state index is 15.1. The van der Waals surface area contributed by atoms with Gasteiger partial charge in [0, 0.05) is 69.4 Å². The van der Waals surface area contributed by atoms with E-state index in [2.05, 4.69) is 48.9 Å². The van der Waals surface area contributed by atoms with E-state index in [9.17, 15) is 18.0 Å². The van der Waals surface area contributed by atoms with Gasteiger partial charge in [-0.05, 0) is 38.1 Å². The molecule has 49 heavy (non-hydrogen) atoms. The Morgan fingerprint density at radius 1 is 1.04 bits per heavy atom. The van der Waals surface area contributed by atoms with Crippen LogP contribution in [0.5, 0.6) is 5.75 Å². The number of halogens is 4. The molecule has 3 fully saturated rings. The monoisotopic (exact) mass is 684 g/mol. The van der Waals surface area contributed by atoms with Crippen molar-refractivity contribution >= 4 is 34.6 Å². The molecular weight excluding hydrogens is 644 g/mol. The minimum absolute atomic E-state index is 0.145. The number of piperidine rings is 1. The fourth-order valence-corrected chi connectivity index (χ4v) is 6.72. The molecular formula is C34H40F4N8O3. The number of nitrogens with zero attached hydrogens (tertiary/aromatic N) is 6. The molecule has 2 N–H and O–H groups in total. The number of likely N-dealkylation sites (N-methyl/N-ethyl adjacent to an activating group) is 1. The van der Waals surface area contributed by atoms with Crippen molar-refractivity contribution in [3.8, 4) is 5.75 Å². The third-order valence-corrected chi connectivity index (χ3v) is 9.36. The molecule has 0 aliphatic carbocycles. The number of carbonyl (C=O) groups is 1. The van der Waals surface area contributed by atoms with Gasteiger partial charge in [0.1, 0.15) is 23.7 Å². The van der Waals surface area contributed by atoms with Gasteiger partial charge in [0.15, 0.2) is 5.82 Å². The Labute approximate surface area is 282 Å². The van der Waals surface area contributed by atoms with Crippen LogP contribution in [0.4, 0.5) is 46.3 Å². The van der Waals surface area contributed by atoms with Gasteiger partial charge in [-0.1, -0.05) is 18.7 Å². The maximum absolute atomic E-state index is 15.1. The van der Waals surface area contributed by atoms with Crippen molar-refractivity contribution in [2.45, 2.75) is 37.5 Å². The van der Waals surface area contributed by atoms with Gasteiger partial charge in [0.2, 0.25) is 5.91 Å². The van der Waals surface area contributed by atoms with E-state index in [-0.39, 0.29) is 30.3 Å². The number of ether oxygens (including phenoxy) is 1. The number of carbonyl (C=O) groups excluding carboxylic acids is 1. The van der Waals surface area contributed by atoms with Gasteiger partial charge in [0.05, 0.1) is 42.4 Å². The first-order chi connectivity index (χ1) is 23.5. The van der Waals surface area contributed by atoms with Crippen LogP contribution in [-0.2, 0) is 15.8 Å². The van der Waals surface area contributed by atoms with Gasteiger partial charge in [-0.3, -0.25) is 14.5 Å². The molecule has 3 aliphatic heterocycles. The van der Waals surface area contributed by atoms with Crippen molar-refractivity contribution < 1.29 is 31.9 Å². The molecule has 4 heterocycles. The number of piperazine rings is 1. The highest BCUT2D eigenvalue weighted by Gasteiger charge is 2.38. The normalized spacial score (nSPS) is 19.6. The van der Waals surface area contributed by atoms with Crippen LogP contribution >= 0.6 is 0 Å². The summed E-state index contributed by atoms with van der Waals surface area (Å²) >= 11 is 0. The van der Waals surface area contributed by atoms with E-state index in [0.717, 1.165) is 57.8 Å². The highest BCUT2D eigenvalue weighted by atomic mass is 19.4. The predicted octanol–water partition coefficient (Wildman–Crippen LogP) is 5.61. The predicted molar refractivity (Wildman–Crippen MR) is 179 cm³/mol. The fraction of sp³-hybridized carbons (Fsp3) is 0.441. The van der Waals surface area contributed by atoms with Crippen LogP contribution in [0.2, 0.25) is 0 Å². The van der Waals surface area contributed by atoms with Gasteiger partial charge in [-0.25, -0.2) is 19.4 Å². The Kier molecular flexibility index (Phi) is 10.2. The minimum atomic E-state index is -4.84. The number of aromatic nitrogens is 2. The molecule has 15 heteroatoms. The summed E-state index contributed by atoms with van der Waals surface area (Å²) in [5.41, 5.74) is 0.382. The zero-order valence-corrected chi connectivity index (χ0v) is 27.5. The Hall–Kier alpha value is -4.47. The minimum Gasteiger partial charge on any atom is -0.494 e. The molecule has 1 aromatic heterocycles. The molecule has 0 spiro atoms. The van der Waals surface area contributed by atoms with Crippen LogP contribution in [0, 0.1) is 5.82 Å². The molecule has 262 valence electrons. The molecule has 0 bridgehead atoms. The topological polar surface area (TPSA) is 98.3 Å². The van der Waals surface area contributed by atoms with Crippen LogP contribution in [-0.4, -0.2) is 91.7 Å². The van der Waals surface area contributed by atoms with E-state index in [1.54, 1.807) is 19.2 Å². The lowest BCUT2D eigenvalue weighted by Crippen LogP contribution is -2.52. The molecule has 3 saturated heterocycles. The zero-order valence-electron chi connectivity index (χ0n) is 27.5. The number of hydrogen-bond donors (Lipinski definition) is 2. The Morgan fingerprint density at radius 3 is 2.49 bits per heavy atom. The molecule has 3 aliphatic rings. The molecule has 3 aromatic rings. The zero-order chi connectivity index (χ0) is 34.7. The van der Waals surface area contributed by atoms with E-state index in [0.29, 0.717) is 35.1 Å². The lowest BCUT2D eigenvalue weighted by Gasteiger charge is -2.43. The quantitative estimate of drug-likeness (QED) is 0.219. The number of hydrogen-bond acceptors (Lipinski definition) is 10. The van der Waals surface area contributed by atoms with E-state index in [1.807, 2.05) is 6.07 Å².